The van der Waals surface area contributed by atoms with Crippen LogP contribution in [0.1, 0.15) is 59.8 Å². The standard InChI is InChI=1S/C21H34N2O6/c1-5-20-9-10-21(29-20)14(15(20)19(27)28-6-2)18(26)23(11-7-8-12-24)16(21)17(25)22-13(3)4/h13-16,24H,5-12H2,1-4H3,(H,22,25)/t14-,15+,16?,20-,21?/m0/s1. The Bertz CT molecular complexity index is 668. The normalized spacial score (nSPS) is 35.3. The summed E-state index contributed by atoms with van der Waals surface area (Å²) in [7, 11) is 0. The number of carbonyl (C=O) groups excluding carboxylic acids is 3. The molecule has 3 heterocycles. The molecule has 0 radical (unpaired) electrons. The van der Waals surface area contributed by atoms with Crippen molar-refractivity contribution < 1.29 is 29.0 Å². The van der Waals surface area contributed by atoms with E-state index in [2.05, 4.69) is 5.32 Å². The summed E-state index contributed by atoms with van der Waals surface area (Å²) in [5.74, 6) is -2.25. The van der Waals surface area contributed by atoms with E-state index < -0.39 is 35.0 Å². The Morgan fingerprint density at radius 3 is 2.62 bits per heavy atom. The van der Waals surface area contributed by atoms with Crippen molar-refractivity contribution in [3.8, 4) is 0 Å². The number of hydrogen-bond acceptors (Lipinski definition) is 6. The summed E-state index contributed by atoms with van der Waals surface area (Å²) in [5, 5.41) is 12.1. The lowest BCUT2D eigenvalue weighted by molar-refractivity contribution is -0.160. The van der Waals surface area contributed by atoms with Gasteiger partial charge in [0, 0.05) is 19.2 Å². The number of hydrogen-bond donors (Lipinski definition) is 2. The third-order valence-corrected chi connectivity index (χ3v) is 6.71. The topological polar surface area (TPSA) is 105 Å². The minimum absolute atomic E-state index is 0.0281. The molecule has 3 aliphatic heterocycles. The Morgan fingerprint density at radius 2 is 2.03 bits per heavy atom. The van der Waals surface area contributed by atoms with Gasteiger partial charge in [-0.05, 0) is 52.9 Å². The van der Waals surface area contributed by atoms with E-state index in [1.54, 1.807) is 11.8 Å². The van der Waals surface area contributed by atoms with Crippen molar-refractivity contribution in [2.75, 3.05) is 19.8 Å². The van der Waals surface area contributed by atoms with Crippen LogP contribution in [-0.4, -0.2) is 70.8 Å². The number of amides is 2. The van der Waals surface area contributed by atoms with E-state index in [1.807, 2.05) is 20.8 Å². The number of carbonyl (C=O) groups is 3. The van der Waals surface area contributed by atoms with Crippen LogP contribution >= 0.6 is 0 Å². The van der Waals surface area contributed by atoms with E-state index >= 15 is 0 Å². The molecule has 3 aliphatic rings. The largest absolute Gasteiger partial charge is 0.466 e. The highest BCUT2D eigenvalue weighted by molar-refractivity contribution is 5.98. The monoisotopic (exact) mass is 410 g/mol. The minimum Gasteiger partial charge on any atom is -0.466 e. The molecule has 8 nitrogen and oxygen atoms in total. The summed E-state index contributed by atoms with van der Waals surface area (Å²) in [4.78, 5) is 41.2. The second-order valence-corrected chi connectivity index (χ2v) is 8.71. The van der Waals surface area contributed by atoms with E-state index in [4.69, 9.17) is 14.6 Å². The maximum Gasteiger partial charge on any atom is 0.312 e. The van der Waals surface area contributed by atoms with Gasteiger partial charge < -0.3 is 24.8 Å². The van der Waals surface area contributed by atoms with Gasteiger partial charge in [-0.1, -0.05) is 6.92 Å². The fraction of sp³-hybridized carbons (Fsp3) is 0.857. The lowest BCUT2D eigenvalue weighted by Crippen LogP contribution is -2.56. The predicted molar refractivity (Wildman–Crippen MR) is 105 cm³/mol. The zero-order valence-electron chi connectivity index (χ0n) is 17.9. The SMILES string of the molecule is CCOC(=O)[C@H]1[C@H]2C(=O)N(CCCCO)C(C(=O)NC(C)C)C23CC[C@]1(CC)O3. The lowest BCUT2D eigenvalue weighted by atomic mass is 9.65. The zero-order chi connectivity index (χ0) is 21.4. The molecule has 0 saturated carbocycles. The first-order valence-corrected chi connectivity index (χ1v) is 10.9. The molecule has 29 heavy (non-hydrogen) atoms. The number of unbranched alkanes of at least 4 members (excludes halogenated alkanes) is 1. The summed E-state index contributed by atoms with van der Waals surface area (Å²) in [6.07, 6.45) is 2.91. The molecule has 3 fully saturated rings. The maximum absolute atomic E-state index is 13.5. The molecule has 5 atom stereocenters. The highest BCUT2D eigenvalue weighted by Gasteiger charge is 2.78. The van der Waals surface area contributed by atoms with E-state index in [0.29, 0.717) is 38.6 Å². The quantitative estimate of drug-likeness (QED) is 0.434. The van der Waals surface area contributed by atoms with Crippen LogP contribution in [0.15, 0.2) is 0 Å². The Balaban J connectivity index is 2.02. The van der Waals surface area contributed by atoms with Crippen molar-refractivity contribution in [1.29, 1.82) is 0 Å². The van der Waals surface area contributed by atoms with Crippen LogP contribution in [0.3, 0.4) is 0 Å². The van der Waals surface area contributed by atoms with Gasteiger partial charge in [-0.2, -0.15) is 0 Å². The minimum atomic E-state index is -0.997. The molecular formula is C21H34N2O6. The lowest BCUT2D eigenvalue weighted by Gasteiger charge is -2.34. The van der Waals surface area contributed by atoms with Gasteiger partial charge in [0.1, 0.15) is 17.6 Å². The van der Waals surface area contributed by atoms with Crippen molar-refractivity contribution in [3.63, 3.8) is 0 Å². The third kappa shape index (κ3) is 3.34. The van der Waals surface area contributed by atoms with Crippen LogP contribution in [-0.2, 0) is 23.9 Å². The first-order valence-electron chi connectivity index (χ1n) is 10.9. The van der Waals surface area contributed by atoms with Crippen molar-refractivity contribution in [1.82, 2.24) is 10.2 Å². The number of likely N-dealkylation sites (tertiary alicyclic amines) is 1. The number of esters is 1. The van der Waals surface area contributed by atoms with Gasteiger partial charge in [-0.25, -0.2) is 0 Å². The van der Waals surface area contributed by atoms with E-state index in [9.17, 15) is 14.4 Å². The van der Waals surface area contributed by atoms with Crippen LogP contribution in [0.4, 0.5) is 0 Å². The average molecular weight is 411 g/mol. The van der Waals surface area contributed by atoms with Crippen LogP contribution in [0, 0.1) is 11.8 Å². The van der Waals surface area contributed by atoms with Gasteiger partial charge in [0.15, 0.2) is 0 Å². The van der Waals surface area contributed by atoms with Crippen molar-refractivity contribution in [2.45, 2.75) is 83.1 Å². The molecule has 2 bridgehead atoms. The molecular weight excluding hydrogens is 376 g/mol. The van der Waals surface area contributed by atoms with Gasteiger partial charge in [0.2, 0.25) is 11.8 Å². The molecule has 2 N–H and O–H groups in total. The Labute approximate surface area is 172 Å². The van der Waals surface area contributed by atoms with Crippen molar-refractivity contribution >= 4 is 17.8 Å². The molecule has 0 aromatic heterocycles. The van der Waals surface area contributed by atoms with Gasteiger partial charge in [-0.3, -0.25) is 14.4 Å². The highest BCUT2D eigenvalue weighted by atomic mass is 16.6. The summed E-state index contributed by atoms with van der Waals surface area (Å²) in [6.45, 7) is 8.08. The summed E-state index contributed by atoms with van der Waals surface area (Å²) in [6, 6.07) is -0.846. The Hall–Kier alpha value is -1.67. The van der Waals surface area contributed by atoms with Gasteiger partial charge >= 0.3 is 5.97 Å². The second-order valence-electron chi connectivity index (χ2n) is 8.71. The van der Waals surface area contributed by atoms with Crippen LogP contribution in [0.5, 0.6) is 0 Å². The average Bonchev–Trinajstić information content (AvgIpc) is 3.26. The number of nitrogens with zero attached hydrogens (tertiary/aromatic N) is 1. The molecule has 2 unspecified atom stereocenters. The van der Waals surface area contributed by atoms with Gasteiger partial charge in [0.05, 0.1) is 18.1 Å². The van der Waals surface area contributed by atoms with Crippen molar-refractivity contribution in [3.05, 3.63) is 0 Å². The number of nitrogens with one attached hydrogen (secondary N) is 1. The zero-order valence-corrected chi connectivity index (χ0v) is 17.9. The number of aliphatic hydroxyl groups is 1. The second kappa shape index (κ2) is 8.22. The molecule has 3 saturated heterocycles. The maximum atomic E-state index is 13.5. The summed E-state index contributed by atoms with van der Waals surface area (Å²) < 4.78 is 11.9. The van der Waals surface area contributed by atoms with E-state index in [0.717, 1.165) is 0 Å². The molecule has 1 spiro atoms. The molecule has 0 aliphatic carbocycles. The van der Waals surface area contributed by atoms with Gasteiger partial charge in [0.25, 0.3) is 0 Å². The molecule has 164 valence electrons. The smallest absolute Gasteiger partial charge is 0.312 e. The first-order chi connectivity index (χ1) is 13.8. The molecule has 3 rings (SSSR count). The fourth-order valence-electron chi connectivity index (χ4n) is 5.61. The van der Waals surface area contributed by atoms with Crippen molar-refractivity contribution in [2.24, 2.45) is 11.8 Å². The van der Waals surface area contributed by atoms with Gasteiger partial charge in [-0.15, -0.1) is 0 Å². The number of fused-ring (bicyclic) bond motifs is 1. The van der Waals surface area contributed by atoms with Crippen LogP contribution in [0.2, 0.25) is 0 Å². The number of rotatable bonds is 9. The van der Waals surface area contributed by atoms with E-state index in [1.165, 1.54) is 0 Å². The summed E-state index contributed by atoms with van der Waals surface area (Å²) in [5.41, 5.74) is -1.75. The third-order valence-electron chi connectivity index (χ3n) is 6.71. The predicted octanol–water partition coefficient (Wildman–Crippen LogP) is 1.00. The Kier molecular flexibility index (Phi) is 6.24. The molecule has 0 aromatic carbocycles. The molecule has 2 amide bonds. The Morgan fingerprint density at radius 1 is 1.31 bits per heavy atom. The fourth-order valence-corrected chi connectivity index (χ4v) is 5.61. The number of aliphatic hydroxyl groups excluding tert-OH is 1. The summed E-state index contributed by atoms with van der Waals surface area (Å²) >= 11 is 0. The molecule has 8 heteroatoms. The van der Waals surface area contributed by atoms with E-state index in [-0.39, 0.29) is 31.1 Å². The van der Waals surface area contributed by atoms with Crippen LogP contribution < -0.4 is 5.32 Å². The molecule has 0 aromatic rings. The highest BCUT2D eigenvalue weighted by Crippen LogP contribution is 2.64. The number of ether oxygens (including phenoxy) is 2. The van der Waals surface area contributed by atoms with Crippen LogP contribution in [0.25, 0.3) is 0 Å². The first kappa shape index (κ1) is 22.0.